The Morgan fingerprint density at radius 3 is 1.32 bits per heavy atom. The van der Waals surface area contributed by atoms with Crippen molar-refractivity contribution >= 4 is 5.91 Å². The predicted molar refractivity (Wildman–Crippen MR) is 314 cm³/mol. The largest absolute Gasteiger partial charge is 0.394 e. The minimum atomic E-state index is -1.97. The Kier molecular flexibility index (Phi) is 41.2. The molecule has 0 aliphatic carbocycles. The number of carbonyl (C=O) groups is 1. The summed E-state index contributed by atoms with van der Waals surface area (Å²) in [5, 5.41) is 120. The summed E-state index contributed by atoms with van der Waals surface area (Å²) < 4.78 is 34.3. The Balaban J connectivity index is 1.47. The smallest absolute Gasteiger partial charge is 0.220 e. The van der Waals surface area contributed by atoms with E-state index < -0.39 is 124 Å². The third-order valence-corrected chi connectivity index (χ3v) is 15.6. The van der Waals surface area contributed by atoms with Gasteiger partial charge in [-0.15, -0.1) is 0 Å². The van der Waals surface area contributed by atoms with Gasteiger partial charge in [0.15, 0.2) is 18.9 Å². The molecule has 19 nitrogen and oxygen atoms in total. The highest BCUT2D eigenvalue weighted by atomic mass is 16.8. The molecule has 1 amide bonds. The van der Waals surface area contributed by atoms with Crippen molar-refractivity contribution < 1.29 is 89.4 Å². The number of nitrogens with one attached hydrogen (secondary N) is 1. The molecule has 3 aliphatic rings. The van der Waals surface area contributed by atoms with E-state index in [-0.39, 0.29) is 18.9 Å². The average molecular weight is 1170 g/mol. The molecule has 3 aliphatic heterocycles. The maximum atomic E-state index is 13.4. The highest BCUT2D eigenvalue weighted by Crippen LogP contribution is 2.33. The lowest BCUT2D eigenvalue weighted by molar-refractivity contribution is -0.379. The fourth-order valence-electron chi connectivity index (χ4n) is 10.5. The molecule has 3 heterocycles. The highest BCUT2D eigenvalue weighted by Gasteiger charge is 2.53. The SMILES string of the molecule is CC/C=C\C/C=C\C/C=C\C/C=C\C/C=C\CCCCCCCCCC(=O)NC(COC1OC(CO)C(OC2OC(CO)C(OC3OC(CO)C(O)C(O)C3O)C(O)C2O)C(O)C1O)C(O)CCCCCCCCCCCCCCCC. The van der Waals surface area contributed by atoms with Gasteiger partial charge in [-0.25, -0.2) is 0 Å². The molecule has 0 aromatic carbocycles. The minimum absolute atomic E-state index is 0.251. The van der Waals surface area contributed by atoms with E-state index in [4.69, 9.17) is 28.4 Å². The molecule has 17 unspecified atom stereocenters. The van der Waals surface area contributed by atoms with Crippen LogP contribution in [-0.2, 0) is 33.2 Å². The van der Waals surface area contributed by atoms with Gasteiger partial charge >= 0.3 is 0 Å². The van der Waals surface area contributed by atoms with E-state index in [0.717, 1.165) is 103 Å². The van der Waals surface area contributed by atoms with E-state index in [9.17, 15) is 61.0 Å². The Hall–Kier alpha value is -2.51. The molecule has 12 N–H and O–H groups in total. The van der Waals surface area contributed by atoms with Crippen LogP contribution in [-0.4, -0.2) is 193 Å². The standard InChI is InChI=1S/C63H111NO18/c1-3-5-7-9-11-13-15-17-19-20-21-22-23-24-25-26-27-29-31-33-35-37-39-41-51(69)64-46(47(68)40-38-36-34-32-30-28-18-16-14-12-10-8-6-4-2)45-77-61-57(75)54(72)59(49(43-66)79-61)82-63-58(76)55(73)60(50(44-67)80-63)81-62-56(74)53(71)52(70)48(42-65)78-62/h5,7,11,13,17,19,21-22,24-25,46-50,52-63,65-68,70-76H,3-4,6,8-10,12,14-16,18,20,23,26-45H2,1-2H3,(H,64,69)/b7-5-,13-11-,19-17-,22-21-,25-24-. The number of unbranched alkanes of at least 4 members (excludes halogenated alkanes) is 20. The lowest BCUT2D eigenvalue weighted by Crippen LogP contribution is -2.66. The van der Waals surface area contributed by atoms with Crippen molar-refractivity contribution in [3.63, 3.8) is 0 Å². The molecule has 3 rings (SSSR count). The van der Waals surface area contributed by atoms with Gasteiger partial charge < -0.3 is 89.9 Å². The van der Waals surface area contributed by atoms with Gasteiger partial charge in [0.05, 0.1) is 38.6 Å². The number of carbonyl (C=O) groups excluding carboxylic acids is 1. The first kappa shape index (κ1) is 73.7. The number of rotatable bonds is 46. The second-order valence-electron chi connectivity index (χ2n) is 22.5. The summed E-state index contributed by atoms with van der Waals surface area (Å²) >= 11 is 0. The second-order valence-corrected chi connectivity index (χ2v) is 22.5. The van der Waals surface area contributed by atoms with Crippen molar-refractivity contribution in [2.24, 2.45) is 0 Å². The maximum Gasteiger partial charge on any atom is 0.220 e. The number of aliphatic hydroxyl groups excluding tert-OH is 11. The molecule has 0 aromatic rings. The zero-order valence-electron chi connectivity index (χ0n) is 49.7. The van der Waals surface area contributed by atoms with E-state index in [2.05, 4.69) is 79.9 Å². The molecular formula is C63H111NO18. The minimum Gasteiger partial charge on any atom is -0.394 e. The quantitative estimate of drug-likeness (QED) is 0.0231. The molecule has 3 saturated heterocycles. The lowest BCUT2D eigenvalue weighted by Gasteiger charge is -2.48. The lowest BCUT2D eigenvalue weighted by atomic mass is 9.96. The second kappa shape index (κ2) is 45.8. The monoisotopic (exact) mass is 1170 g/mol. The van der Waals surface area contributed by atoms with Crippen LogP contribution in [0.15, 0.2) is 60.8 Å². The summed E-state index contributed by atoms with van der Waals surface area (Å²) in [7, 11) is 0. The normalized spacial score (nSPS) is 30.0. The predicted octanol–water partition coefficient (Wildman–Crippen LogP) is 6.43. The van der Waals surface area contributed by atoms with Crippen molar-refractivity contribution in [3.05, 3.63) is 60.8 Å². The Bertz CT molecular complexity index is 1730. The van der Waals surface area contributed by atoms with E-state index in [1.165, 1.54) is 64.2 Å². The molecule has 17 atom stereocenters. The van der Waals surface area contributed by atoms with Crippen LogP contribution in [0.3, 0.4) is 0 Å². The number of amides is 1. The highest BCUT2D eigenvalue weighted by molar-refractivity contribution is 5.76. The van der Waals surface area contributed by atoms with Crippen molar-refractivity contribution in [1.82, 2.24) is 5.32 Å². The van der Waals surface area contributed by atoms with E-state index in [0.29, 0.717) is 12.8 Å². The number of allylic oxidation sites excluding steroid dienone is 10. The molecule has 19 heteroatoms. The van der Waals surface area contributed by atoms with Crippen LogP contribution in [0, 0.1) is 0 Å². The summed E-state index contributed by atoms with van der Waals surface area (Å²) in [6, 6.07) is -0.896. The van der Waals surface area contributed by atoms with Crippen LogP contribution < -0.4 is 5.32 Å². The van der Waals surface area contributed by atoms with Gasteiger partial charge in [0, 0.05) is 6.42 Å². The average Bonchev–Trinajstić information content (AvgIpc) is 3.14. The zero-order valence-corrected chi connectivity index (χ0v) is 49.7. The Morgan fingerprint density at radius 1 is 0.451 bits per heavy atom. The molecule has 476 valence electrons. The van der Waals surface area contributed by atoms with E-state index in [1.54, 1.807) is 0 Å². The Morgan fingerprint density at radius 2 is 0.841 bits per heavy atom. The first-order valence-corrected chi connectivity index (χ1v) is 31.5. The number of ether oxygens (including phenoxy) is 6. The molecule has 0 bridgehead atoms. The summed E-state index contributed by atoms with van der Waals surface area (Å²) in [5.41, 5.74) is 0. The van der Waals surface area contributed by atoms with Crippen LogP contribution in [0.25, 0.3) is 0 Å². The summed E-state index contributed by atoms with van der Waals surface area (Å²) in [6.07, 6.45) is 25.8. The molecule has 0 saturated carbocycles. The fraction of sp³-hybridized carbons (Fsp3) is 0.825. The van der Waals surface area contributed by atoms with Crippen LogP contribution in [0.2, 0.25) is 0 Å². The van der Waals surface area contributed by atoms with Gasteiger partial charge in [0.2, 0.25) is 5.91 Å². The van der Waals surface area contributed by atoms with Crippen molar-refractivity contribution in [1.29, 1.82) is 0 Å². The van der Waals surface area contributed by atoms with E-state index >= 15 is 0 Å². The molecule has 82 heavy (non-hydrogen) atoms. The molecular weight excluding hydrogens is 1060 g/mol. The molecule has 0 radical (unpaired) electrons. The number of hydrogen-bond acceptors (Lipinski definition) is 18. The van der Waals surface area contributed by atoms with Crippen molar-refractivity contribution in [3.8, 4) is 0 Å². The fourth-order valence-corrected chi connectivity index (χ4v) is 10.5. The Labute approximate surface area is 490 Å². The van der Waals surface area contributed by atoms with Gasteiger partial charge in [-0.2, -0.15) is 0 Å². The zero-order chi connectivity index (χ0) is 59.7. The summed E-state index contributed by atoms with van der Waals surface area (Å²) in [5.74, 6) is -0.257. The topological polar surface area (TPSA) is 307 Å². The van der Waals surface area contributed by atoms with Gasteiger partial charge in [-0.05, 0) is 57.8 Å². The summed E-state index contributed by atoms with van der Waals surface area (Å²) in [6.45, 7) is 1.66. The first-order chi connectivity index (χ1) is 39.8. The number of hydrogen-bond donors (Lipinski definition) is 12. The van der Waals surface area contributed by atoms with Crippen LogP contribution in [0.1, 0.15) is 200 Å². The van der Waals surface area contributed by atoms with Gasteiger partial charge in [-0.1, -0.05) is 197 Å². The molecule has 0 spiro atoms. The maximum absolute atomic E-state index is 13.4. The molecule has 3 fully saturated rings. The molecule has 0 aromatic heterocycles. The van der Waals surface area contributed by atoms with Crippen molar-refractivity contribution in [2.75, 3.05) is 26.4 Å². The van der Waals surface area contributed by atoms with Gasteiger partial charge in [0.1, 0.15) is 73.2 Å². The van der Waals surface area contributed by atoms with Crippen LogP contribution in [0.4, 0.5) is 0 Å². The third-order valence-electron chi connectivity index (χ3n) is 15.6. The van der Waals surface area contributed by atoms with Gasteiger partial charge in [-0.3, -0.25) is 4.79 Å². The van der Waals surface area contributed by atoms with Crippen molar-refractivity contribution in [2.45, 2.75) is 304 Å². The van der Waals surface area contributed by atoms with Gasteiger partial charge in [0.25, 0.3) is 0 Å². The first-order valence-electron chi connectivity index (χ1n) is 31.5. The van der Waals surface area contributed by atoms with E-state index in [1.807, 2.05) is 0 Å². The number of aliphatic hydroxyl groups is 11. The summed E-state index contributed by atoms with van der Waals surface area (Å²) in [4.78, 5) is 13.4. The van der Waals surface area contributed by atoms with Crippen LogP contribution in [0.5, 0.6) is 0 Å². The third kappa shape index (κ3) is 28.8. The van der Waals surface area contributed by atoms with Crippen LogP contribution >= 0.6 is 0 Å².